The lowest BCUT2D eigenvalue weighted by molar-refractivity contribution is -0.119. The van der Waals surface area contributed by atoms with Crippen LogP contribution in [-0.4, -0.2) is 37.9 Å². The molecule has 6 heteroatoms. The Morgan fingerprint density at radius 1 is 0.963 bits per heavy atom. The molecule has 3 rings (SSSR count). The van der Waals surface area contributed by atoms with E-state index in [1.54, 1.807) is 0 Å². The number of ether oxygens (including phenoxy) is 1. The molecule has 1 N–H and O–H groups in total. The third-order valence-corrected chi connectivity index (χ3v) is 4.49. The van der Waals surface area contributed by atoms with Gasteiger partial charge in [0.2, 0.25) is 0 Å². The molecule has 0 atom stereocenters. The average molecular weight is 366 g/mol. The van der Waals surface area contributed by atoms with E-state index in [9.17, 15) is 14.4 Å². The maximum Gasteiger partial charge on any atom is 0.338 e. The van der Waals surface area contributed by atoms with Crippen molar-refractivity contribution >= 4 is 29.5 Å². The van der Waals surface area contributed by atoms with Crippen molar-refractivity contribution in [3.05, 3.63) is 59.7 Å². The Morgan fingerprint density at radius 2 is 1.63 bits per heavy atom. The first-order valence-corrected chi connectivity index (χ1v) is 9.03. The van der Waals surface area contributed by atoms with Crippen LogP contribution in [-0.2, 0) is 9.53 Å². The summed E-state index contributed by atoms with van der Waals surface area (Å²) >= 11 is 0. The number of hydrogen-bond donors (Lipinski definition) is 1. The van der Waals surface area contributed by atoms with Crippen molar-refractivity contribution in [3.63, 3.8) is 0 Å². The molecule has 1 fully saturated rings. The number of amides is 1. The summed E-state index contributed by atoms with van der Waals surface area (Å²) in [5, 5.41) is 2.72. The van der Waals surface area contributed by atoms with Crippen LogP contribution in [0.3, 0.4) is 0 Å². The van der Waals surface area contributed by atoms with Crippen LogP contribution in [0.1, 0.15) is 40.0 Å². The molecule has 0 unspecified atom stereocenters. The maximum absolute atomic E-state index is 12.0. The summed E-state index contributed by atoms with van der Waals surface area (Å²) < 4.78 is 5.01. The van der Waals surface area contributed by atoms with Gasteiger partial charge in [-0.3, -0.25) is 9.59 Å². The molecule has 0 bridgehead atoms. The van der Waals surface area contributed by atoms with E-state index >= 15 is 0 Å². The Labute approximate surface area is 158 Å². The minimum Gasteiger partial charge on any atom is -0.452 e. The number of anilines is 2. The number of rotatable bonds is 6. The number of carbonyl (C=O) groups excluding carboxylic acids is 3. The van der Waals surface area contributed by atoms with Crippen molar-refractivity contribution in [2.75, 3.05) is 29.9 Å². The Bertz CT molecular complexity index is 794. The second-order valence-electron chi connectivity index (χ2n) is 6.46. The third-order valence-electron chi connectivity index (χ3n) is 4.49. The van der Waals surface area contributed by atoms with E-state index in [1.165, 1.54) is 43.5 Å². The lowest BCUT2D eigenvalue weighted by atomic mass is 10.1. The molecule has 1 aliphatic heterocycles. The van der Waals surface area contributed by atoms with Crippen molar-refractivity contribution in [3.8, 4) is 0 Å². The molecule has 140 valence electrons. The van der Waals surface area contributed by atoms with Gasteiger partial charge in [0.25, 0.3) is 5.91 Å². The first-order chi connectivity index (χ1) is 13.2. The van der Waals surface area contributed by atoms with E-state index in [4.69, 9.17) is 4.74 Å². The summed E-state index contributed by atoms with van der Waals surface area (Å²) in [6.07, 6.45) is 4.40. The van der Waals surface area contributed by atoms with Gasteiger partial charge in [-0.05, 0) is 55.7 Å². The monoisotopic (exact) mass is 366 g/mol. The lowest BCUT2D eigenvalue weighted by Crippen LogP contribution is -2.29. The quantitative estimate of drug-likeness (QED) is 0.627. The van der Waals surface area contributed by atoms with Gasteiger partial charge in [0, 0.05) is 30.0 Å². The van der Waals surface area contributed by atoms with Crippen LogP contribution in [0.25, 0.3) is 0 Å². The van der Waals surface area contributed by atoms with E-state index in [2.05, 4.69) is 10.2 Å². The number of piperidine rings is 1. The van der Waals surface area contributed by atoms with Gasteiger partial charge in [0.15, 0.2) is 6.61 Å². The number of carbonyl (C=O) groups is 3. The normalized spacial score (nSPS) is 13.7. The van der Waals surface area contributed by atoms with E-state index < -0.39 is 11.9 Å². The Kier molecular flexibility index (Phi) is 6.20. The predicted molar refractivity (Wildman–Crippen MR) is 103 cm³/mol. The van der Waals surface area contributed by atoms with Crippen LogP contribution in [0.15, 0.2) is 48.5 Å². The van der Waals surface area contributed by atoms with Crippen LogP contribution in [0, 0.1) is 0 Å². The number of nitrogens with one attached hydrogen (secondary N) is 1. The van der Waals surface area contributed by atoms with Gasteiger partial charge in [-0.2, -0.15) is 0 Å². The molecule has 0 radical (unpaired) electrons. The molecular weight excluding hydrogens is 344 g/mol. The Balaban J connectivity index is 1.48. The van der Waals surface area contributed by atoms with Crippen LogP contribution in [0.4, 0.5) is 11.4 Å². The summed E-state index contributed by atoms with van der Waals surface area (Å²) in [6.45, 7) is 1.76. The average Bonchev–Trinajstić information content (AvgIpc) is 2.73. The summed E-state index contributed by atoms with van der Waals surface area (Å²) in [5.41, 5.74) is 2.57. The van der Waals surface area contributed by atoms with Crippen molar-refractivity contribution in [2.24, 2.45) is 0 Å². The molecule has 27 heavy (non-hydrogen) atoms. The van der Waals surface area contributed by atoms with Gasteiger partial charge < -0.3 is 15.0 Å². The molecular formula is C21H22N2O4. The lowest BCUT2D eigenvalue weighted by Gasteiger charge is -2.28. The zero-order valence-corrected chi connectivity index (χ0v) is 15.0. The summed E-state index contributed by atoms with van der Waals surface area (Å²) in [5.74, 6) is -1.01. The van der Waals surface area contributed by atoms with E-state index in [1.807, 2.05) is 24.3 Å². The minimum absolute atomic E-state index is 0.291. The number of nitrogens with zero attached hydrogens (tertiary/aromatic N) is 1. The Morgan fingerprint density at radius 3 is 2.26 bits per heavy atom. The van der Waals surface area contributed by atoms with E-state index in [0.717, 1.165) is 18.8 Å². The van der Waals surface area contributed by atoms with Gasteiger partial charge in [-0.25, -0.2) is 4.79 Å². The predicted octanol–water partition coefficient (Wildman–Crippen LogP) is 3.28. The number of hydrogen-bond acceptors (Lipinski definition) is 5. The van der Waals surface area contributed by atoms with Crippen molar-refractivity contribution in [2.45, 2.75) is 19.3 Å². The van der Waals surface area contributed by atoms with Crippen LogP contribution in [0.5, 0.6) is 0 Å². The van der Waals surface area contributed by atoms with E-state index in [-0.39, 0.29) is 6.61 Å². The van der Waals surface area contributed by atoms with Gasteiger partial charge in [0.1, 0.15) is 6.29 Å². The standard InChI is InChI=1S/C21H22N2O4/c24-14-16-4-6-17(7-5-16)21(26)27-15-20(25)22-18-8-10-19(11-9-18)23-12-2-1-3-13-23/h4-11,14H,1-3,12-13,15H2,(H,22,25). The zero-order valence-electron chi connectivity index (χ0n) is 15.0. The molecule has 1 heterocycles. The third kappa shape index (κ3) is 5.17. The molecule has 1 amide bonds. The van der Waals surface area contributed by atoms with E-state index in [0.29, 0.717) is 23.1 Å². The smallest absolute Gasteiger partial charge is 0.338 e. The highest BCUT2D eigenvalue weighted by molar-refractivity contribution is 5.95. The topological polar surface area (TPSA) is 75.7 Å². The van der Waals surface area contributed by atoms with Crippen LogP contribution < -0.4 is 10.2 Å². The molecule has 0 saturated carbocycles. The maximum atomic E-state index is 12.0. The summed E-state index contributed by atoms with van der Waals surface area (Å²) in [7, 11) is 0. The highest BCUT2D eigenvalue weighted by atomic mass is 16.5. The van der Waals surface area contributed by atoms with Crippen LogP contribution in [0.2, 0.25) is 0 Å². The molecule has 6 nitrogen and oxygen atoms in total. The summed E-state index contributed by atoms with van der Waals surface area (Å²) in [4.78, 5) is 36.9. The second-order valence-corrected chi connectivity index (χ2v) is 6.46. The van der Waals surface area contributed by atoms with Gasteiger partial charge >= 0.3 is 5.97 Å². The number of esters is 1. The highest BCUT2D eigenvalue weighted by Gasteiger charge is 2.12. The van der Waals surface area contributed by atoms with Crippen molar-refractivity contribution in [1.29, 1.82) is 0 Å². The molecule has 2 aromatic carbocycles. The molecule has 0 aliphatic carbocycles. The molecule has 1 aliphatic rings. The highest BCUT2D eigenvalue weighted by Crippen LogP contribution is 2.21. The van der Waals surface area contributed by atoms with Crippen LogP contribution >= 0.6 is 0 Å². The fourth-order valence-corrected chi connectivity index (χ4v) is 3.02. The first-order valence-electron chi connectivity index (χ1n) is 9.03. The Hall–Kier alpha value is -3.15. The van der Waals surface area contributed by atoms with Gasteiger partial charge in [0.05, 0.1) is 5.56 Å². The fraction of sp³-hybridized carbons (Fsp3) is 0.286. The number of aldehydes is 1. The molecule has 1 saturated heterocycles. The SMILES string of the molecule is O=Cc1ccc(C(=O)OCC(=O)Nc2ccc(N3CCCCC3)cc2)cc1. The molecule has 0 aromatic heterocycles. The van der Waals surface area contributed by atoms with Gasteiger partial charge in [-0.1, -0.05) is 12.1 Å². The minimum atomic E-state index is -0.608. The summed E-state index contributed by atoms with van der Waals surface area (Å²) in [6, 6.07) is 13.7. The second kappa shape index (κ2) is 8.98. The molecule has 0 spiro atoms. The first kappa shape index (κ1) is 18.6. The largest absolute Gasteiger partial charge is 0.452 e. The van der Waals surface area contributed by atoms with Gasteiger partial charge in [-0.15, -0.1) is 0 Å². The zero-order chi connectivity index (χ0) is 19.1. The number of benzene rings is 2. The molecule has 2 aromatic rings. The van der Waals surface area contributed by atoms with Crippen molar-refractivity contribution in [1.82, 2.24) is 0 Å². The van der Waals surface area contributed by atoms with Crippen molar-refractivity contribution < 1.29 is 19.1 Å². The fourth-order valence-electron chi connectivity index (χ4n) is 3.02.